The molecule has 0 radical (unpaired) electrons. The van der Waals surface area contributed by atoms with E-state index in [1.807, 2.05) is 36.4 Å². The Balaban J connectivity index is 1.43. The second-order valence-electron chi connectivity index (χ2n) is 10.9. The minimum atomic E-state index is -1.50. The zero-order valence-electron chi connectivity index (χ0n) is 24.1. The Bertz CT molecular complexity index is 2040. The van der Waals surface area contributed by atoms with Crippen molar-refractivity contribution >= 4 is 40.4 Å². The summed E-state index contributed by atoms with van der Waals surface area (Å²) in [6, 6.07) is 58.6. The third-order valence-electron chi connectivity index (χ3n) is 8.05. The van der Waals surface area contributed by atoms with Crippen molar-refractivity contribution in [1.82, 2.24) is 0 Å². The van der Waals surface area contributed by atoms with Crippen LogP contribution in [0, 0.1) is 0 Å². The second kappa shape index (κ2) is 12.1. The van der Waals surface area contributed by atoms with Gasteiger partial charge in [-0.3, -0.25) is 0 Å². The lowest BCUT2D eigenvalue weighted by atomic mass is 9.79. The quantitative estimate of drug-likeness (QED) is 0.189. The number of hydrogen-bond donors (Lipinski definition) is 2. The molecule has 0 aromatic heterocycles. The van der Waals surface area contributed by atoms with Gasteiger partial charge < -0.3 is 14.9 Å². The van der Waals surface area contributed by atoms with E-state index >= 15 is 0 Å². The Kier molecular flexibility index (Phi) is 7.52. The summed E-state index contributed by atoms with van der Waals surface area (Å²) in [6.07, 6.45) is 0. The molecular formula is C40H30BNO2. The molecule has 210 valence electrons. The summed E-state index contributed by atoms with van der Waals surface area (Å²) in [5, 5.41) is 21.4. The molecule has 7 rings (SSSR count). The van der Waals surface area contributed by atoms with E-state index in [4.69, 9.17) is 0 Å². The number of hydrogen-bond acceptors (Lipinski definition) is 3. The molecule has 44 heavy (non-hydrogen) atoms. The molecule has 0 aliphatic rings. The first-order valence-electron chi connectivity index (χ1n) is 14.7. The first-order valence-corrected chi connectivity index (χ1v) is 14.7. The van der Waals surface area contributed by atoms with Crippen LogP contribution < -0.4 is 10.4 Å². The highest BCUT2D eigenvalue weighted by molar-refractivity contribution is 6.58. The summed E-state index contributed by atoms with van der Waals surface area (Å²) >= 11 is 0. The number of nitrogens with zero attached hydrogens (tertiary/aromatic N) is 1. The van der Waals surface area contributed by atoms with Crippen LogP contribution >= 0.6 is 0 Å². The molecule has 0 aliphatic heterocycles. The highest BCUT2D eigenvalue weighted by Gasteiger charge is 2.18. The Morgan fingerprint density at radius 1 is 0.364 bits per heavy atom. The summed E-state index contributed by atoms with van der Waals surface area (Å²) in [7, 11) is -1.50. The van der Waals surface area contributed by atoms with Crippen molar-refractivity contribution in [2.45, 2.75) is 0 Å². The number of anilines is 3. The van der Waals surface area contributed by atoms with Crippen LogP contribution in [0.1, 0.15) is 0 Å². The number of fused-ring (bicyclic) bond motifs is 1. The Morgan fingerprint density at radius 3 is 1.57 bits per heavy atom. The van der Waals surface area contributed by atoms with Crippen LogP contribution in [0.25, 0.3) is 44.2 Å². The van der Waals surface area contributed by atoms with Crippen LogP contribution in [0.15, 0.2) is 170 Å². The van der Waals surface area contributed by atoms with Crippen molar-refractivity contribution in [1.29, 1.82) is 0 Å². The minimum absolute atomic E-state index is 0.474. The monoisotopic (exact) mass is 567 g/mol. The van der Waals surface area contributed by atoms with E-state index in [2.05, 4.69) is 132 Å². The molecule has 4 heteroatoms. The van der Waals surface area contributed by atoms with E-state index in [-0.39, 0.29) is 0 Å². The van der Waals surface area contributed by atoms with Crippen LogP contribution in [-0.4, -0.2) is 17.2 Å². The summed E-state index contributed by atoms with van der Waals surface area (Å²) < 4.78 is 0. The molecule has 0 atom stereocenters. The fourth-order valence-electron chi connectivity index (χ4n) is 5.85. The van der Waals surface area contributed by atoms with Crippen molar-refractivity contribution < 1.29 is 10.0 Å². The molecule has 0 saturated carbocycles. The average Bonchev–Trinajstić information content (AvgIpc) is 3.09. The molecule has 0 aliphatic carbocycles. The van der Waals surface area contributed by atoms with Gasteiger partial charge in [-0.25, -0.2) is 0 Å². The van der Waals surface area contributed by atoms with Gasteiger partial charge in [0.2, 0.25) is 0 Å². The summed E-state index contributed by atoms with van der Waals surface area (Å²) in [5.41, 5.74) is 10.5. The highest BCUT2D eigenvalue weighted by Crippen LogP contribution is 2.42. The molecule has 3 nitrogen and oxygen atoms in total. The maximum Gasteiger partial charge on any atom is 0.488 e. The zero-order valence-corrected chi connectivity index (χ0v) is 24.1. The predicted molar refractivity (Wildman–Crippen MR) is 185 cm³/mol. The normalized spacial score (nSPS) is 11.0. The van der Waals surface area contributed by atoms with Gasteiger partial charge >= 0.3 is 7.12 Å². The van der Waals surface area contributed by atoms with Gasteiger partial charge in [0.15, 0.2) is 0 Å². The van der Waals surface area contributed by atoms with E-state index in [1.54, 1.807) is 6.07 Å². The van der Waals surface area contributed by atoms with Crippen molar-refractivity contribution in [3.05, 3.63) is 170 Å². The summed E-state index contributed by atoms with van der Waals surface area (Å²) in [6.45, 7) is 0. The highest BCUT2D eigenvalue weighted by atomic mass is 16.4. The van der Waals surface area contributed by atoms with Gasteiger partial charge in [0.1, 0.15) is 0 Å². The van der Waals surface area contributed by atoms with Crippen LogP contribution in [0.5, 0.6) is 0 Å². The summed E-state index contributed by atoms with van der Waals surface area (Å²) in [4.78, 5) is 2.29. The average molecular weight is 567 g/mol. The third-order valence-corrected chi connectivity index (χ3v) is 8.05. The molecule has 7 aromatic carbocycles. The molecule has 0 saturated heterocycles. The largest absolute Gasteiger partial charge is 0.488 e. The van der Waals surface area contributed by atoms with Gasteiger partial charge in [-0.05, 0) is 86.0 Å². The van der Waals surface area contributed by atoms with Crippen molar-refractivity contribution in [2.24, 2.45) is 0 Å². The fourth-order valence-corrected chi connectivity index (χ4v) is 5.85. The second-order valence-corrected chi connectivity index (χ2v) is 10.9. The minimum Gasteiger partial charge on any atom is -0.423 e. The van der Waals surface area contributed by atoms with Gasteiger partial charge in [-0.1, -0.05) is 133 Å². The van der Waals surface area contributed by atoms with E-state index in [9.17, 15) is 10.0 Å². The molecule has 0 heterocycles. The van der Waals surface area contributed by atoms with Crippen molar-refractivity contribution in [3.8, 4) is 33.4 Å². The molecule has 0 amide bonds. The van der Waals surface area contributed by atoms with Crippen LogP contribution in [-0.2, 0) is 0 Å². The maximum absolute atomic E-state index is 9.72. The van der Waals surface area contributed by atoms with Gasteiger partial charge in [0.05, 0.1) is 0 Å². The number of rotatable bonds is 7. The van der Waals surface area contributed by atoms with Gasteiger partial charge in [-0.2, -0.15) is 0 Å². The van der Waals surface area contributed by atoms with Gasteiger partial charge in [0.25, 0.3) is 0 Å². The SMILES string of the molecule is OB(O)c1ccc2cc(N(c3cccc(-c4ccccc4)c3)c3ccc(-c4ccccc4)c(-c4ccccc4)c3)ccc2c1. The standard InChI is InChI=1S/C40H30BNO2/c43-41(44)35-21-19-34-27-37(22-20-33(34)25-35)42(36-18-10-17-32(26-36)29-11-4-1-5-12-29)38-23-24-39(30-13-6-2-7-14-30)40(28-38)31-15-8-3-9-16-31/h1-28,43-44H. The van der Waals surface area contributed by atoms with Crippen molar-refractivity contribution in [3.63, 3.8) is 0 Å². The lowest BCUT2D eigenvalue weighted by molar-refractivity contribution is 0.426. The molecule has 0 spiro atoms. The van der Waals surface area contributed by atoms with E-state index in [0.717, 1.165) is 50.1 Å². The first kappa shape index (κ1) is 27.4. The number of benzene rings is 7. The smallest absolute Gasteiger partial charge is 0.423 e. The lowest BCUT2D eigenvalue weighted by Crippen LogP contribution is -2.29. The first-order chi connectivity index (χ1) is 21.6. The van der Waals surface area contributed by atoms with E-state index < -0.39 is 7.12 Å². The topological polar surface area (TPSA) is 43.7 Å². The van der Waals surface area contributed by atoms with Crippen LogP contribution in [0.3, 0.4) is 0 Å². The van der Waals surface area contributed by atoms with E-state index in [1.165, 1.54) is 11.1 Å². The maximum atomic E-state index is 9.72. The zero-order chi connectivity index (χ0) is 29.9. The molecule has 0 fully saturated rings. The van der Waals surface area contributed by atoms with Gasteiger partial charge in [0, 0.05) is 17.1 Å². The molecule has 0 unspecified atom stereocenters. The Hall–Kier alpha value is -5.42. The molecule has 7 aromatic rings. The molecule has 0 bridgehead atoms. The van der Waals surface area contributed by atoms with Crippen LogP contribution in [0.2, 0.25) is 0 Å². The molecule has 2 N–H and O–H groups in total. The van der Waals surface area contributed by atoms with Crippen molar-refractivity contribution in [2.75, 3.05) is 4.90 Å². The molecular weight excluding hydrogens is 537 g/mol. The van der Waals surface area contributed by atoms with E-state index in [0.29, 0.717) is 5.46 Å². The third kappa shape index (κ3) is 5.52. The van der Waals surface area contributed by atoms with Crippen LogP contribution in [0.4, 0.5) is 17.1 Å². The van der Waals surface area contributed by atoms with Gasteiger partial charge in [-0.15, -0.1) is 0 Å². The lowest BCUT2D eigenvalue weighted by Gasteiger charge is -2.27. The Morgan fingerprint density at radius 2 is 0.886 bits per heavy atom. The predicted octanol–water partition coefficient (Wildman–Crippen LogP) is 8.99. The summed E-state index contributed by atoms with van der Waals surface area (Å²) in [5.74, 6) is 0. The fraction of sp³-hybridized carbons (Fsp3) is 0. The Labute approximate surface area is 258 Å².